The predicted octanol–water partition coefficient (Wildman–Crippen LogP) is 3.33. The van der Waals surface area contributed by atoms with Gasteiger partial charge in [-0.2, -0.15) is 0 Å². The molecule has 2 amide bonds. The van der Waals surface area contributed by atoms with Crippen molar-refractivity contribution in [2.24, 2.45) is 0 Å². The molecule has 1 N–H and O–H groups in total. The standard InChI is InChI=1S/C24H28N2O6/c1-5-32-14-8-13-26-23(27)21(17-9-6-7-10-19(17)30-3)22(24(26)28)25-18-15-16(29-2)11-12-20(18)31-4/h6-7,9-12,15,25H,5,8,13-14H2,1-4H3. The van der Waals surface area contributed by atoms with Crippen molar-refractivity contribution in [2.45, 2.75) is 13.3 Å². The molecule has 2 aromatic rings. The first-order valence-electron chi connectivity index (χ1n) is 10.4. The molecule has 0 unspecified atom stereocenters. The van der Waals surface area contributed by atoms with Crippen LogP contribution in [-0.4, -0.2) is 57.8 Å². The van der Waals surface area contributed by atoms with E-state index in [1.807, 2.05) is 13.0 Å². The van der Waals surface area contributed by atoms with Gasteiger partial charge in [-0.15, -0.1) is 0 Å². The van der Waals surface area contributed by atoms with E-state index in [0.29, 0.717) is 48.1 Å². The topological polar surface area (TPSA) is 86.3 Å². The minimum Gasteiger partial charge on any atom is -0.497 e. The normalized spacial score (nSPS) is 13.6. The smallest absolute Gasteiger partial charge is 0.278 e. The van der Waals surface area contributed by atoms with E-state index in [-0.39, 0.29) is 23.7 Å². The Bertz CT molecular complexity index is 1020. The van der Waals surface area contributed by atoms with Crippen molar-refractivity contribution in [1.82, 2.24) is 4.90 Å². The molecule has 0 aliphatic carbocycles. The molecular weight excluding hydrogens is 412 g/mol. The van der Waals surface area contributed by atoms with Gasteiger partial charge in [0.1, 0.15) is 22.9 Å². The molecule has 3 rings (SSSR count). The molecule has 0 bridgehead atoms. The van der Waals surface area contributed by atoms with Crippen LogP contribution in [0.5, 0.6) is 17.2 Å². The van der Waals surface area contributed by atoms with Crippen LogP contribution < -0.4 is 19.5 Å². The Labute approximate surface area is 187 Å². The van der Waals surface area contributed by atoms with E-state index in [9.17, 15) is 9.59 Å². The van der Waals surface area contributed by atoms with Crippen molar-refractivity contribution in [2.75, 3.05) is 46.4 Å². The van der Waals surface area contributed by atoms with E-state index in [2.05, 4.69) is 5.32 Å². The lowest BCUT2D eigenvalue weighted by atomic mass is 10.0. The molecular formula is C24H28N2O6. The summed E-state index contributed by atoms with van der Waals surface area (Å²) < 4.78 is 21.6. The molecule has 1 aliphatic rings. The summed E-state index contributed by atoms with van der Waals surface area (Å²) in [5.41, 5.74) is 1.44. The Kier molecular flexibility index (Phi) is 7.72. The number of para-hydroxylation sites is 1. The van der Waals surface area contributed by atoms with Crippen LogP contribution in [0.15, 0.2) is 48.2 Å². The maximum absolute atomic E-state index is 13.4. The third-order valence-electron chi connectivity index (χ3n) is 5.09. The van der Waals surface area contributed by atoms with Gasteiger partial charge >= 0.3 is 0 Å². The summed E-state index contributed by atoms with van der Waals surface area (Å²) in [5, 5.41) is 3.12. The molecule has 0 saturated carbocycles. The molecule has 2 aromatic carbocycles. The van der Waals surface area contributed by atoms with Crippen LogP contribution in [0.3, 0.4) is 0 Å². The van der Waals surface area contributed by atoms with Gasteiger partial charge in [0.2, 0.25) is 0 Å². The van der Waals surface area contributed by atoms with Crippen LogP contribution in [0.25, 0.3) is 5.57 Å². The Morgan fingerprint density at radius 3 is 2.34 bits per heavy atom. The lowest BCUT2D eigenvalue weighted by molar-refractivity contribution is -0.137. The van der Waals surface area contributed by atoms with Gasteiger partial charge in [0.05, 0.1) is 32.6 Å². The third-order valence-corrected chi connectivity index (χ3v) is 5.09. The number of benzene rings is 2. The van der Waals surface area contributed by atoms with Crippen molar-refractivity contribution >= 4 is 23.1 Å². The van der Waals surface area contributed by atoms with Gasteiger partial charge in [0, 0.05) is 31.4 Å². The second-order valence-corrected chi connectivity index (χ2v) is 6.95. The van der Waals surface area contributed by atoms with E-state index in [0.717, 1.165) is 0 Å². The van der Waals surface area contributed by atoms with E-state index >= 15 is 0 Å². The van der Waals surface area contributed by atoms with Crippen molar-refractivity contribution in [3.8, 4) is 17.2 Å². The second-order valence-electron chi connectivity index (χ2n) is 6.95. The lowest BCUT2D eigenvalue weighted by Gasteiger charge is -2.16. The minimum absolute atomic E-state index is 0.155. The average molecular weight is 440 g/mol. The largest absolute Gasteiger partial charge is 0.497 e. The number of hydrogen-bond donors (Lipinski definition) is 1. The van der Waals surface area contributed by atoms with Crippen molar-refractivity contribution in [3.63, 3.8) is 0 Å². The highest BCUT2D eigenvalue weighted by Gasteiger charge is 2.40. The zero-order valence-corrected chi connectivity index (χ0v) is 18.8. The van der Waals surface area contributed by atoms with Crippen LogP contribution in [-0.2, 0) is 14.3 Å². The zero-order chi connectivity index (χ0) is 23.1. The van der Waals surface area contributed by atoms with Gasteiger partial charge in [-0.25, -0.2) is 0 Å². The van der Waals surface area contributed by atoms with E-state index in [1.165, 1.54) is 19.1 Å². The highest BCUT2D eigenvalue weighted by atomic mass is 16.5. The SMILES string of the molecule is CCOCCCN1C(=O)C(Nc2cc(OC)ccc2OC)=C(c2ccccc2OC)C1=O. The number of nitrogens with zero attached hydrogens (tertiary/aromatic N) is 1. The molecule has 32 heavy (non-hydrogen) atoms. The minimum atomic E-state index is -0.419. The number of rotatable bonds is 11. The summed E-state index contributed by atoms with van der Waals surface area (Å²) >= 11 is 0. The summed E-state index contributed by atoms with van der Waals surface area (Å²) in [5.74, 6) is 0.778. The van der Waals surface area contributed by atoms with Gasteiger partial charge in [-0.1, -0.05) is 18.2 Å². The monoisotopic (exact) mass is 440 g/mol. The number of imide groups is 1. The van der Waals surface area contributed by atoms with Crippen LogP contribution >= 0.6 is 0 Å². The molecule has 1 aliphatic heterocycles. The van der Waals surface area contributed by atoms with Gasteiger partial charge < -0.3 is 24.3 Å². The van der Waals surface area contributed by atoms with Gasteiger partial charge in [-0.05, 0) is 31.5 Å². The van der Waals surface area contributed by atoms with Gasteiger partial charge in [0.15, 0.2) is 0 Å². The maximum atomic E-state index is 13.4. The first kappa shape index (κ1) is 23.1. The number of anilines is 1. The number of ether oxygens (including phenoxy) is 4. The Balaban J connectivity index is 2.05. The summed E-state index contributed by atoms with van der Waals surface area (Å²) in [4.78, 5) is 28.0. The number of amides is 2. The Hall–Kier alpha value is -3.52. The Morgan fingerprint density at radius 1 is 0.906 bits per heavy atom. The number of methoxy groups -OCH3 is 3. The molecule has 0 radical (unpaired) electrons. The fourth-order valence-corrected chi connectivity index (χ4v) is 3.51. The van der Waals surface area contributed by atoms with Crippen molar-refractivity contribution in [1.29, 1.82) is 0 Å². The molecule has 0 fully saturated rings. The second kappa shape index (κ2) is 10.7. The lowest BCUT2D eigenvalue weighted by Crippen LogP contribution is -2.34. The van der Waals surface area contributed by atoms with E-state index in [4.69, 9.17) is 18.9 Å². The van der Waals surface area contributed by atoms with Crippen molar-refractivity contribution in [3.05, 3.63) is 53.7 Å². The quantitative estimate of drug-likeness (QED) is 0.424. The van der Waals surface area contributed by atoms with Crippen LogP contribution in [0.4, 0.5) is 5.69 Å². The van der Waals surface area contributed by atoms with Gasteiger partial charge in [-0.3, -0.25) is 14.5 Å². The van der Waals surface area contributed by atoms with Crippen LogP contribution in [0.2, 0.25) is 0 Å². The van der Waals surface area contributed by atoms with E-state index in [1.54, 1.807) is 43.5 Å². The fourth-order valence-electron chi connectivity index (χ4n) is 3.51. The maximum Gasteiger partial charge on any atom is 0.278 e. The highest BCUT2D eigenvalue weighted by molar-refractivity contribution is 6.37. The Morgan fingerprint density at radius 2 is 1.66 bits per heavy atom. The predicted molar refractivity (Wildman–Crippen MR) is 121 cm³/mol. The van der Waals surface area contributed by atoms with Crippen LogP contribution in [0, 0.1) is 0 Å². The van der Waals surface area contributed by atoms with Crippen LogP contribution in [0.1, 0.15) is 18.9 Å². The van der Waals surface area contributed by atoms with Gasteiger partial charge in [0.25, 0.3) is 11.8 Å². The average Bonchev–Trinajstić information content (AvgIpc) is 3.05. The fraction of sp³-hybridized carbons (Fsp3) is 0.333. The molecule has 0 saturated heterocycles. The summed E-state index contributed by atoms with van der Waals surface area (Å²) in [7, 11) is 4.61. The van der Waals surface area contributed by atoms with Crippen molar-refractivity contribution < 1.29 is 28.5 Å². The highest BCUT2D eigenvalue weighted by Crippen LogP contribution is 2.37. The molecule has 0 spiro atoms. The third kappa shape index (κ3) is 4.70. The first-order chi connectivity index (χ1) is 15.5. The summed E-state index contributed by atoms with van der Waals surface area (Å²) in [6.07, 6.45) is 0.542. The molecule has 170 valence electrons. The number of carbonyl (C=O) groups excluding carboxylic acids is 2. The first-order valence-corrected chi connectivity index (χ1v) is 10.4. The molecule has 8 nitrogen and oxygen atoms in total. The molecule has 0 aromatic heterocycles. The molecule has 0 atom stereocenters. The summed E-state index contributed by atoms with van der Waals surface area (Å²) in [6.45, 7) is 3.19. The number of carbonyl (C=O) groups is 2. The molecule has 1 heterocycles. The van der Waals surface area contributed by atoms with E-state index < -0.39 is 5.91 Å². The summed E-state index contributed by atoms with van der Waals surface area (Å²) in [6, 6.07) is 12.3. The molecule has 8 heteroatoms. The zero-order valence-electron chi connectivity index (χ0n) is 18.8. The number of nitrogens with one attached hydrogen (secondary N) is 1. The number of hydrogen-bond acceptors (Lipinski definition) is 7.